The molecule has 2 rings (SSSR count). The van der Waals surface area contributed by atoms with Gasteiger partial charge in [0.25, 0.3) is 5.69 Å². The average molecular weight is 378 g/mol. The van der Waals surface area contributed by atoms with Gasteiger partial charge in [-0.15, -0.1) is 0 Å². The smallest absolute Gasteiger partial charge is 0.269 e. The van der Waals surface area contributed by atoms with Gasteiger partial charge in [0.1, 0.15) is 0 Å². The van der Waals surface area contributed by atoms with Gasteiger partial charge in [0.2, 0.25) is 0 Å². The minimum atomic E-state index is -0.405. The molecule has 0 aliphatic heterocycles. The van der Waals surface area contributed by atoms with Crippen LogP contribution in [0.2, 0.25) is 0 Å². The van der Waals surface area contributed by atoms with Gasteiger partial charge in [-0.3, -0.25) is 10.1 Å². The van der Waals surface area contributed by atoms with Crippen molar-refractivity contribution in [1.29, 1.82) is 0 Å². The van der Waals surface area contributed by atoms with Crippen LogP contribution in [0.5, 0.6) is 0 Å². The Kier molecular flexibility index (Phi) is 9.00. The molecule has 0 radical (unpaired) electrons. The normalized spacial score (nSPS) is 20.3. The van der Waals surface area contributed by atoms with E-state index in [9.17, 15) is 15.2 Å². The molecule has 1 fully saturated rings. The number of hydrogen-bond donors (Lipinski definition) is 3. The summed E-state index contributed by atoms with van der Waals surface area (Å²) in [6.07, 6.45) is 4.13. The van der Waals surface area contributed by atoms with E-state index in [0.29, 0.717) is 25.8 Å². The Morgan fingerprint density at radius 1 is 1.30 bits per heavy atom. The Balaban J connectivity index is 1.92. The van der Waals surface area contributed by atoms with Crippen molar-refractivity contribution in [3.05, 3.63) is 39.9 Å². The number of nitro benzene ring substituents is 1. The fraction of sp³-hybridized carbons (Fsp3) is 0.632. The number of nitrogens with zero attached hydrogens (tertiary/aromatic N) is 2. The van der Waals surface area contributed by atoms with E-state index in [4.69, 9.17) is 4.74 Å². The molecular weight excluding hydrogens is 348 g/mol. The van der Waals surface area contributed by atoms with Gasteiger partial charge in [-0.25, -0.2) is 4.99 Å². The van der Waals surface area contributed by atoms with E-state index in [1.165, 1.54) is 12.1 Å². The topological polar surface area (TPSA) is 109 Å². The zero-order valence-electron chi connectivity index (χ0n) is 15.9. The van der Waals surface area contributed by atoms with Gasteiger partial charge in [-0.2, -0.15) is 0 Å². The van der Waals surface area contributed by atoms with Gasteiger partial charge in [0.15, 0.2) is 5.96 Å². The molecule has 1 aromatic rings. The Bertz CT molecular complexity index is 598. The van der Waals surface area contributed by atoms with Crippen molar-refractivity contribution >= 4 is 11.6 Å². The van der Waals surface area contributed by atoms with Crippen LogP contribution in [0.25, 0.3) is 0 Å². The Morgan fingerprint density at radius 2 is 2.00 bits per heavy atom. The molecule has 150 valence electrons. The summed E-state index contributed by atoms with van der Waals surface area (Å²) in [6.45, 7) is 4.58. The summed E-state index contributed by atoms with van der Waals surface area (Å²) in [6, 6.07) is 6.74. The number of aliphatic hydroxyl groups is 1. The monoisotopic (exact) mass is 378 g/mol. The number of nitro groups is 1. The molecule has 1 aromatic carbocycles. The van der Waals surface area contributed by atoms with Crippen LogP contribution in [0.15, 0.2) is 29.3 Å². The minimum Gasteiger partial charge on any atom is -0.393 e. The van der Waals surface area contributed by atoms with Crippen LogP contribution in [0, 0.1) is 10.1 Å². The van der Waals surface area contributed by atoms with Crippen molar-refractivity contribution < 1.29 is 14.8 Å². The van der Waals surface area contributed by atoms with E-state index in [-0.39, 0.29) is 11.8 Å². The summed E-state index contributed by atoms with van der Waals surface area (Å²) < 4.78 is 5.35. The van der Waals surface area contributed by atoms with Gasteiger partial charge in [-0.05, 0) is 44.6 Å². The summed E-state index contributed by atoms with van der Waals surface area (Å²) >= 11 is 0. The number of rotatable bonds is 9. The summed E-state index contributed by atoms with van der Waals surface area (Å²) in [4.78, 5) is 15.0. The van der Waals surface area contributed by atoms with E-state index in [1.807, 2.05) is 6.92 Å². The minimum absolute atomic E-state index is 0.0795. The summed E-state index contributed by atoms with van der Waals surface area (Å²) in [7, 11) is 0. The molecule has 1 aliphatic rings. The predicted octanol–water partition coefficient (Wildman–Crippen LogP) is 2.36. The highest BCUT2D eigenvalue weighted by Gasteiger charge is 2.20. The van der Waals surface area contributed by atoms with Crippen molar-refractivity contribution in [2.24, 2.45) is 4.99 Å². The quantitative estimate of drug-likeness (QED) is 0.200. The number of hydrogen-bond acceptors (Lipinski definition) is 5. The number of nitrogens with one attached hydrogen (secondary N) is 2. The lowest BCUT2D eigenvalue weighted by Crippen LogP contribution is -2.45. The van der Waals surface area contributed by atoms with Crippen LogP contribution in [-0.4, -0.2) is 47.9 Å². The summed E-state index contributed by atoms with van der Waals surface area (Å²) in [5.74, 6) is 0.728. The van der Waals surface area contributed by atoms with Crippen molar-refractivity contribution in [2.45, 2.75) is 57.7 Å². The highest BCUT2D eigenvalue weighted by molar-refractivity contribution is 5.80. The second-order valence-corrected chi connectivity index (χ2v) is 6.72. The highest BCUT2D eigenvalue weighted by atomic mass is 16.6. The molecule has 0 heterocycles. The van der Waals surface area contributed by atoms with E-state index in [1.54, 1.807) is 12.1 Å². The zero-order chi connectivity index (χ0) is 19.5. The molecule has 3 N–H and O–H groups in total. The number of guanidine groups is 1. The molecule has 0 aromatic heterocycles. The SMILES string of the molecule is CCOCCCNC(=NCc1ccc([N+](=O)[O-])cc1)NC1CCC(O)CC1. The first-order valence-electron chi connectivity index (χ1n) is 9.62. The van der Waals surface area contributed by atoms with Crippen molar-refractivity contribution in [2.75, 3.05) is 19.8 Å². The number of aliphatic hydroxyl groups excluding tert-OH is 1. The molecule has 0 unspecified atom stereocenters. The largest absolute Gasteiger partial charge is 0.393 e. The molecule has 1 saturated carbocycles. The number of aliphatic imine (C=N–C) groups is 1. The second kappa shape index (κ2) is 11.5. The molecular formula is C19H30N4O4. The average Bonchev–Trinajstić information content (AvgIpc) is 2.67. The number of non-ortho nitro benzene ring substituents is 1. The molecule has 27 heavy (non-hydrogen) atoms. The Morgan fingerprint density at radius 3 is 2.63 bits per heavy atom. The third-order valence-electron chi connectivity index (χ3n) is 4.57. The first kappa shape index (κ1) is 21.1. The van der Waals surface area contributed by atoms with Crippen LogP contribution in [-0.2, 0) is 11.3 Å². The van der Waals surface area contributed by atoms with Crippen LogP contribution in [0.4, 0.5) is 5.69 Å². The number of ether oxygens (including phenoxy) is 1. The lowest BCUT2D eigenvalue weighted by Gasteiger charge is -2.27. The first-order chi connectivity index (χ1) is 13.1. The molecule has 0 atom stereocenters. The lowest BCUT2D eigenvalue weighted by atomic mass is 9.93. The van der Waals surface area contributed by atoms with Crippen LogP contribution >= 0.6 is 0 Å². The van der Waals surface area contributed by atoms with Crippen molar-refractivity contribution in [3.63, 3.8) is 0 Å². The third kappa shape index (κ3) is 7.92. The van der Waals surface area contributed by atoms with Crippen LogP contribution in [0.1, 0.15) is 44.6 Å². The number of benzene rings is 1. The highest BCUT2D eigenvalue weighted by Crippen LogP contribution is 2.18. The van der Waals surface area contributed by atoms with E-state index in [2.05, 4.69) is 15.6 Å². The van der Waals surface area contributed by atoms with Gasteiger partial charge in [-0.1, -0.05) is 12.1 Å². The van der Waals surface area contributed by atoms with Gasteiger partial charge in [0, 0.05) is 37.9 Å². The maximum Gasteiger partial charge on any atom is 0.269 e. The first-order valence-corrected chi connectivity index (χ1v) is 9.62. The standard InChI is InChI=1S/C19H30N4O4/c1-2-27-13-3-12-20-19(22-16-6-10-18(24)11-7-16)21-14-15-4-8-17(9-5-15)23(25)26/h4-5,8-9,16,18,24H,2-3,6-7,10-14H2,1H3,(H2,20,21,22). The van der Waals surface area contributed by atoms with Crippen molar-refractivity contribution in [3.8, 4) is 0 Å². The van der Waals surface area contributed by atoms with Crippen molar-refractivity contribution in [1.82, 2.24) is 10.6 Å². The molecule has 0 bridgehead atoms. The molecule has 8 heteroatoms. The van der Waals surface area contributed by atoms with Crippen LogP contribution < -0.4 is 10.6 Å². The fourth-order valence-corrected chi connectivity index (χ4v) is 2.98. The summed E-state index contributed by atoms with van der Waals surface area (Å²) in [5, 5.41) is 27.2. The van der Waals surface area contributed by atoms with E-state index < -0.39 is 4.92 Å². The molecule has 8 nitrogen and oxygen atoms in total. The van der Waals surface area contributed by atoms with Gasteiger partial charge < -0.3 is 20.5 Å². The van der Waals surface area contributed by atoms with Gasteiger partial charge in [0.05, 0.1) is 17.6 Å². The molecule has 0 saturated heterocycles. The van der Waals surface area contributed by atoms with Gasteiger partial charge >= 0.3 is 0 Å². The molecule has 0 spiro atoms. The summed E-state index contributed by atoms with van der Waals surface area (Å²) in [5.41, 5.74) is 0.992. The molecule has 0 amide bonds. The van der Waals surface area contributed by atoms with Crippen LogP contribution in [0.3, 0.4) is 0 Å². The lowest BCUT2D eigenvalue weighted by molar-refractivity contribution is -0.384. The van der Waals surface area contributed by atoms with E-state index >= 15 is 0 Å². The second-order valence-electron chi connectivity index (χ2n) is 6.72. The maximum absolute atomic E-state index is 10.7. The maximum atomic E-state index is 10.7. The Labute approximate surface area is 160 Å². The fourth-order valence-electron chi connectivity index (χ4n) is 2.98. The van der Waals surface area contributed by atoms with E-state index in [0.717, 1.165) is 50.2 Å². The zero-order valence-corrected chi connectivity index (χ0v) is 15.9. The Hall–Kier alpha value is -2.19. The third-order valence-corrected chi connectivity index (χ3v) is 4.57. The predicted molar refractivity (Wildman–Crippen MR) is 105 cm³/mol. The molecule has 1 aliphatic carbocycles.